The topological polar surface area (TPSA) is 88.0 Å². The smallest absolute Gasteiger partial charge is 0.341 e. The highest BCUT2D eigenvalue weighted by Crippen LogP contribution is 2.28. The van der Waals surface area contributed by atoms with Crippen molar-refractivity contribution in [3.8, 4) is 5.75 Å². The number of hydrogen-bond acceptors (Lipinski definition) is 5. The average Bonchev–Trinajstić information content (AvgIpc) is 2.95. The number of amidine groups is 1. The molecular formula is C19H16N2O4S. The van der Waals surface area contributed by atoms with Gasteiger partial charge in [-0.15, -0.1) is 0 Å². The van der Waals surface area contributed by atoms with Gasteiger partial charge >= 0.3 is 5.97 Å². The van der Waals surface area contributed by atoms with Gasteiger partial charge in [0.25, 0.3) is 5.91 Å². The zero-order valence-corrected chi connectivity index (χ0v) is 14.7. The lowest BCUT2D eigenvalue weighted by molar-refractivity contribution is -0.139. The zero-order chi connectivity index (χ0) is 18.5. The van der Waals surface area contributed by atoms with Crippen LogP contribution in [-0.2, 0) is 9.59 Å². The number of nitrogens with zero attached hydrogens (tertiary/aromatic N) is 1. The number of carbonyl (C=O) groups is 2. The van der Waals surface area contributed by atoms with Crippen molar-refractivity contribution < 1.29 is 19.4 Å². The predicted octanol–water partition coefficient (Wildman–Crippen LogP) is 3.35. The molecule has 26 heavy (non-hydrogen) atoms. The van der Waals surface area contributed by atoms with Crippen molar-refractivity contribution >= 4 is 40.6 Å². The van der Waals surface area contributed by atoms with E-state index in [0.29, 0.717) is 15.8 Å². The fraction of sp³-hybridized carbons (Fsp3) is 0.105. The number of aliphatic imine (C=N–C) groups is 1. The Balaban J connectivity index is 1.70. The molecule has 2 aromatic rings. The van der Waals surface area contributed by atoms with Gasteiger partial charge in [-0.1, -0.05) is 29.8 Å². The summed E-state index contributed by atoms with van der Waals surface area (Å²) in [5, 5.41) is 11.9. The van der Waals surface area contributed by atoms with E-state index in [9.17, 15) is 9.59 Å². The first kappa shape index (κ1) is 17.8. The molecule has 132 valence electrons. The summed E-state index contributed by atoms with van der Waals surface area (Å²) in [6.45, 7) is 1.61. The van der Waals surface area contributed by atoms with Crippen LogP contribution >= 0.6 is 11.8 Å². The van der Waals surface area contributed by atoms with Crippen LogP contribution in [0.1, 0.15) is 11.1 Å². The molecule has 0 atom stereocenters. The Bertz CT molecular complexity index is 887. The summed E-state index contributed by atoms with van der Waals surface area (Å²) in [7, 11) is 0. The molecule has 0 unspecified atom stereocenters. The van der Waals surface area contributed by atoms with E-state index >= 15 is 0 Å². The number of ether oxygens (including phenoxy) is 1. The van der Waals surface area contributed by atoms with E-state index in [1.54, 1.807) is 30.3 Å². The van der Waals surface area contributed by atoms with Crippen LogP contribution < -0.4 is 10.1 Å². The van der Waals surface area contributed by atoms with Crippen molar-refractivity contribution in [3.63, 3.8) is 0 Å². The van der Waals surface area contributed by atoms with Crippen LogP contribution in [0.25, 0.3) is 6.08 Å². The predicted molar refractivity (Wildman–Crippen MR) is 102 cm³/mol. The van der Waals surface area contributed by atoms with Crippen molar-refractivity contribution in [3.05, 3.63) is 64.6 Å². The van der Waals surface area contributed by atoms with Crippen LogP contribution in [-0.4, -0.2) is 28.8 Å². The Morgan fingerprint density at radius 2 is 1.88 bits per heavy atom. The number of nitrogens with one attached hydrogen (secondary N) is 1. The standard InChI is InChI=1S/C19H16N2O4S/c1-12-2-6-14(7-3-12)20-19-21-18(24)16(26-19)10-13-4-8-15(9-5-13)25-11-17(22)23/h2-10H,11H2,1H3,(H,22,23)(H,20,21,24)/b16-10+. The van der Waals surface area contributed by atoms with E-state index in [1.807, 2.05) is 31.2 Å². The second-order valence-electron chi connectivity index (χ2n) is 5.57. The highest BCUT2D eigenvalue weighted by atomic mass is 32.2. The van der Waals surface area contributed by atoms with Crippen LogP contribution in [0, 0.1) is 6.92 Å². The van der Waals surface area contributed by atoms with E-state index < -0.39 is 12.6 Å². The molecule has 6 nitrogen and oxygen atoms in total. The number of carbonyl (C=O) groups excluding carboxylic acids is 1. The van der Waals surface area contributed by atoms with E-state index in [-0.39, 0.29) is 5.91 Å². The lowest BCUT2D eigenvalue weighted by Crippen LogP contribution is -2.19. The van der Waals surface area contributed by atoms with Crippen LogP contribution in [0.15, 0.2) is 58.4 Å². The summed E-state index contributed by atoms with van der Waals surface area (Å²) in [6.07, 6.45) is 1.75. The Labute approximate surface area is 154 Å². The van der Waals surface area contributed by atoms with Crippen molar-refractivity contribution in [2.75, 3.05) is 6.61 Å². The Morgan fingerprint density at radius 3 is 2.54 bits per heavy atom. The molecule has 1 amide bonds. The molecule has 2 N–H and O–H groups in total. The van der Waals surface area contributed by atoms with Crippen LogP contribution in [0.2, 0.25) is 0 Å². The van der Waals surface area contributed by atoms with Gasteiger partial charge in [-0.3, -0.25) is 4.79 Å². The largest absolute Gasteiger partial charge is 0.482 e. The average molecular weight is 368 g/mol. The summed E-state index contributed by atoms with van der Waals surface area (Å²) >= 11 is 1.27. The minimum Gasteiger partial charge on any atom is -0.482 e. The molecule has 1 aliphatic heterocycles. The van der Waals surface area contributed by atoms with Crippen molar-refractivity contribution in [1.82, 2.24) is 5.32 Å². The zero-order valence-electron chi connectivity index (χ0n) is 13.9. The molecule has 3 rings (SSSR count). The van der Waals surface area contributed by atoms with Gasteiger partial charge < -0.3 is 15.2 Å². The second-order valence-corrected chi connectivity index (χ2v) is 6.60. The van der Waals surface area contributed by atoms with E-state index in [0.717, 1.165) is 16.8 Å². The first-order valence-electron chi connectivity index (χ1n) is 7.80. The first-order valence-corrected chi connectivity index (χ1v) is 8.62. The number of carboxylic acids is 1. The van der Waals surface area contributed by atoms with Gasteiger partial charge in [0, 0.05) is 0 Å². The van der Waals surface area contributed by atoms with Gasteiger partial charge in [-0.25, -0.2) is 9.79 Å². The lowest BCUT2D eigenvalue weighted by Gasteiger charge is -2.03. The summed E-state index contributed by atoms with van der Waals surface area (Å²) < 4.78 is 5.08. The molecule has 0 saturated carbocycles. The molecule has 2 aromatic carbocycles. The van der Waals surface area contributed by atoms with Crippen molar-refractivity contribution in [2.45, 2.75) is 6.92 Å². The third-order valence-corrected chi connectivity index (χ3v) is 4.37. The molecular weight excluding hydrogens is 352 g/mol. The van der Waals surface area contributed by atoms with Crippen LogP contribution in [0.4, 0.5) is 5.69 Å². The lowest BCUT2D eigenvalue weighted by atomic mass is 10.2. The molecule has 0 bridgehead atoms. The molecule has 0 aliphatic carbocycles. The third-order valence-electron chi connectivity index (χ3n) is 3.46. The monoisotopic (exact) mass is 368 g/mol. The first-order chi connectivity index (χ1) is 12.5. The number of aryl methyl sites for hydroxylation is 1. The molecule has 7 heteroatoms. The van der Waals surface area contributed by atoms with E-state index in [1.165, 1.54) is 11.8 Å². The maximum absolute atomic E-state index is 12.1. The van der Waals surface area contributed by atoms with Crippen molar-refractivity contribution in [2.24, 2.45) is 4.99 Å². The van der Waals surface area contributed by atoms with Gasteiger partial charge in [-0.2, -0.15) is 0 Å². The molecule has 0 radical (unpaired) electrons. The highest BCUT2D eigenvalue weighted by molar-refractivity contribution is 8.18. The van der Waals surface area contributed by atoms with Gasteiger partial charge in [-0.05, 0) is 54.6 Å². The van der Waals surface area contributed by atoms with Gasteiger partial charge in [0.1, 0.15) is 5.75 Å². The van der Waals surface area contributed by atoms with Gasteiger partial charge in [0.15, 0.2) is 11.8 Å². The summed E-state index contributed by atoms with van der Waals surface area (Å²) in [6, 6.07) is 14.6. The molecule has 0 spiro atoms. The molecule has 1 saturated heterocycles. The fourth-order valence-electron chi connectivity index (χ4n) is 2.17. The highest BCUT2D eigenvalue weighted by Gasteiger charge is 2.23. The fourth-order valence-corrected chi connectivity index (χ4v) is 3.02. The quantitative estimate of drug-likeness (QED) is 0.790. The van der Waals surface area contributed by atoms with Gasteiger partial charge in [0.2, 0.25) is 0 Å². The van der Waals surface area contributed by atoms with Crippen molar-refractivity contribution in [1.29, 1.82) is 0 Å². The second kappa shape index (κ2) is 7.88. The number of carboxylic acid groups (broad SMARTS) is 1. The summed E-state index contributed by atoms with van der Waals surface area (Å²) in [5.74, 6) is -0.776. The number of benzene rings is 2. The third kappa shape index (κ3) is 4.73. The summed E-state index contributed by atoms with van der Waals surface area (Å²) in [4.78, 5) is 27.6. The minimum atomic E-state index is -1.03. The Hall–Kier alpha value is -3.06. The van der Waals surface area contributed by atoms with E-state index in [4.69, 9.17) is 9.84 Å². The van der Waals surface area contributed by atoms with E-state index in [2.05, 4.69) is 10.3 Å². The molecule has 1 heterocycles. The number of aliphatic carboxylic acids is 1. The maximum atomic E-state index is 12.1. The Morgan fingerprint density at radius 1 is 1.19 bits per heavy atom. The van der Waals surface area contributed by atoms with Crippen LogP contribution in [0.3, 0.4) is 0 Å². The van der Waals surface area contributed by atoms with Crippen LogP contribution in [0.5, 0.6) is 5.75 Å². The van der Waals surface area contributed by atoms with Gasteiger partial charge in [0.05, 0.1) is 10.6 Å². The molecule has 0 aromatic heterocycles. The number of thioether (sulfide) groups is 1. The SMILES string of the molecule is Cc1ccc(N=C2NC(=O)/C(=C\c3ccc(OCC(=O)O)cc3)S2)cc1. The maximum Gasteiger partial charge on any atom is 0.341 e. The summed E-state index contributed by atoms with van der Waals surface area (Å²) in [5.41, 5.74) is 2.73. The number of amides is 1. The molecule has 1 fully saturated rings. The number of hydrogen-bond donors (Lipinski definition) is 2. The molecule has 1 aliphatic rings. The number of rotatable bonds is 5. The minimum absolute atomic E-state index is 0.202. The normalized spacial score (nSPS) is 16.7. The Kier molecular flexibility index (Phi) is 5.38.